The molecule has 1 aliphatic heterocycles. The molecule has 0 saturated carbocycles. The van der Waals surface area contributed by atoms with Crippen LogP contribution in [0.4, 0.5) is 0 Å². The van der Waals surface area contributed by atoms with E-state index in [0.717, 1.165) is 30.6 Å². The molecule has 0 saturated heterocycles. The van der Waals surface area contributed by atoms with E-state index in [-0.39, 0.29) is 11.3 Å². The largest absolute Gasteiger partial charge is 0.503 e. The lowest BCUT2D eigenvalue weighted by molar-refractivity contribution is -0.129. The van der Waals surface area contributed by atoms with Crippen LogP contribution in [0.3, 0.4) is 0 Å². The predicted octanol–water partition coefficient (Wildman–Crippen LogP) is 4.30. The summed E-state index contributed by atoms with van der Waals surface area (Å²) in [5, 5.41) is 10.7. The van der Waals surface area contributed by atoms with Gasteiger partial charge in [-0.2, -0.15) is 0 Å². The average molecular weight is 441 g/mol. The quantitative estimate of drug-likeness (QED) is 0.414. The lowest BCUT2D eigenvalue weighted by atomic mass is 9.95. The van der Waals surface area contributed by atoms with Crippen LogP contribution in [0.5, 0.6) is 5.75 Å². The van der Waals surface area contributed by atoms with Crippen LogP contribution in [-0.4, -0.2) is 60.4 Å². The van der Waals surface area contributed by atoms with Crippen molar-refractivity contribution in [1.29, 1.82) is 0 Å². The van der Waals surface area contributed by atoms with E-state index in [1.54, 1.807) is 19.1 Å². The fraction of sp³-hybridized carbons (Fsp3) is 0.440. The maximum atomic E-state index is 13.2. The van der Waals surface area contributed by atoms with Crippen LogP contribution in [0.15, 0.2) is 52.1 Å². The van der Waals surface area contributed by atoms with Crippen LogP contribution in [-0.2, 0) is 4.79 Å². The highest BCUT2D eigenvalue weighted by atomic mass is 16.5. The van der Waals surface area contributed by atoms with Gasteiger partial charge in [0.15, 0.2) is 11.5 Å². The number of aryl methyl sites for hydroxylation is 1. The van der Waals surface area contributed by atoms with Crippen molar-refractivity contribution in [3.05, 3.63) is 64.8 Å². The third kappa shape index (κ3) is 5.22. The van der Waals surface area contributed by atoms with Crippen LogP contribution in [0.25, 0.3) is 0 Å². The molecule has 7 nitrogen and oxygen atoms in total. The molecule has 1 N–H and O–H groups in total. The second kappa shape index (κ2) is 10.5. The van der Waals surface area contributed by atoms with Gasteiger partial charge in [0.25, 0.3) is 5.91 Å². The number of unbranched alkanes of at least 4 members (excludes halogenated alkanes) is 2. The van der Waals surface area contributed by atoms with Gasteiger partial charge in [-0.3, -0.25) is 9.59 Å². The highest BCUT2D eigenvalue weighted by Gasteiger charge is 2.44. The Morgan fingerprint density at radius 3 is 2.47 bits per heavy atom. The monoisotopic (exact) mass is 440 g/mol. The number of carbonyl (C=O) groups excluding carboxylic acids is 2. The summed E-state index contributed by atoms with van der Waals surface area (Å²) in [6.07, 6.45) is 3.24. The van der Waals surface area contributed by atoms with Gasteiger partial charge in [-0.15, -0.1) is 0 Å². The fourth-order valence-corrected chi connectivity index (χ4v) is 3.75. The van der Waals surface area contributed by atoms with Crippen molar-refractivity contribution in [2.24, 2.45) is 0 Å². The molecule has 0 spiro atoms. The lowest BCUT2D eigenvalue weighted by Gasteiger charge is -2.28. The zero-order chi connectivity index (χ0) is 23.3. The number of Topliss-reactive ketones (excluding diaryl/α,β-unsaturated/α-hetero) is 1. The SMILES string of the molecule is CCCCCOc1ccc(C2C(C(=O)c3ccc(C)o3)=C(O)C(=O)N2CCN(C)C)cc1. The second-order valence-electron chi connectivity index (χ2n) is 8.33. The van der Waals surface area contributed by atoms with Gasteiger partial charge in [0.05, 0.1) is 18.2 Å². The lowest BCUT2D eigenvalue weighted by Crippen LogP contribution is -2.36. The molecule has 1 amide bonds. The van der Waals surface area contributed by atoms with E-state index < -0.39 is 23.5 Å². The summed E-state index contributed by atoms with van der Waals surface area (Å²) < 4.78 is 11.3. The van der Waals surface area contributed by atoms with Gasteiger partial charge in [-0.05, 0) is 57.3 Å². The summed E-state index contributed by atoms with van der Waals surface area (Å²) in [6.45, 7) is 5.49. The molecule has 0 aliphatic carbocycles. The maximum absolute atomic E-state index is 13.2. The number of amides is 1. The van der Waals surface area contributed by atoms with Gasteiger partial charge >= 0.3 is 0 Å². The molecule has 0 fully saturated rings. The van der Waals surface area contributed by atoms with E-state index >= 15 is 0 Å². The van der Waals surface area contributed by atoms with E-state index in [2.05, 4.69) is 6.92 Å². The number of aliphatic hydroxyl groups excluding tert-OH is 1. The van der Waals surface area contributed by atoms with E-state index in [1.807, 2.05) is 43.3 Å². The van der Waals surface area contributed by atoms with E-state index in [0.29, 0.717) is 25.5 Å². The molecular weight excluding hydrogens is 408 g/mol. The molecule has 7 heteroatoms. The number of carbonyl (C=O) groups is 2. The normalized spacial score (nSPS) is 16.3. The van der Waals surface area contributed by atoms with Crippen molar-refractivity contribution in [2.75, 3.05) is 33.8 Å². The van der Waals surface area contributed by atoms with E-state index in [9.17, 15) is 14.7 Å². The minimum atomic E-state index is -0.700. The molecule has 1 aromatic carbocycles. The molecule has 1 atom stereocenters. The molecule has 1 aliphatic rings. The summed E-state index contributed by atoms with van der Waals surface area (Å²) in [6, 6.07) is 9.91. The Bertz CT molecular complexity index is 974. The van der Waals surface area contributed by atoms with E-state index in [4.69, 9.17) is 9.15 Å². The van der Waals surface area contributed by atoms with Gasteiger partial charge in [0, 0.05) is 13.1 Å². The summed E-state index contributed by atoms with van der Waals surface area (Å²) in [7, 11) is 3.82. The fourth-order valence-electron chi connectivity index (χ4n) is 3.75. The molecule has 172 valence electrons. The Kier molecular flexibility index (Phi) is 7.75. The average Bonchev–Trinajstić information content (AvgIpc) is 3.31. The van der Waals surface area contributed by atoms with Crippen LogP contribution < -0.4 is 4.74 Å². The Morgan fingerprint density at radius 1 is 1.16 bits per heavy atom. The Balaban J connectivity index is 1.91. The molecule has 2 heterocycles. The summed E-state index contributed by atoms with van der Waals surface area (Å²) in [4.78, 5) is 29.6. The number of benzene rings is 1. The molecule has 0 bridgehead atoms. The van der Waals surface area contributed by atoms with Gasteiger partial charge in [0.2, 0.25) is 5.78 Å². The number of aliphatic hydroxyl groups is 1. The number of hydrogen-bond donors (Lipinski definition) is 1. The zero-order valence-corrected chi connectivity index (χ0v) is 19.3. The van der Waals surface area contributed by atoms with Gasteiger partial charge < -0.3 is 24.1 Å². The molecule has 1 unspecified atom stereocenters. The molecule has 2 aromatic rings. The standard InChI is InChI=1S/C25H32N2O5/c1-5-6-7-16-31-19-11-9-18(10-12-19)22-21(23(28)20-13-8-17(2)32-20)24(29)25(30)27(22)15-14-26(3)4/h8-13,22,29H,5-7,14-16H2,1-4H3. The Labute approximate surface area is 189 Å². The van der Waals surface area contributed by atoms with Crippen molar-refractivity contribution < 1.29 is 23.8 Å². The Morgan fingerprint density at radius 2 is 1.88 bits per heavy atom. The summed E-state index contributed by atoms with van der Waals surface area (Å²) in [5.41, 5.74) is 0.772. The second-order valence-corrected chi connectivity index (χ2v) is 8.33. The van der Waals surface area contributed by atoms with Crippen LogP contribution in [0.1, 0.15) is 54.1 Å². The van der Waals surface area contributed by atoms with Crippen molar-refractivity contribution in [2.45, 2.75) is 39.2 Å². The van der Waals surface area contributed by atoms with Gasteiger partial charge in [-0.1, -0.05) is 31.9 Å². The summed E-state index contributed by atoms with van der Waals surface area (Å²) >= 11 is 0. The van der Waals surface area contributed by atoms with Crippen molar-refractivity contribution >= 4 is 11.7 Å². The molecule has 1 aromatic heterocycles. The molecule has 3 rings (SSSR count). The first kappa shape index (κ1) is 23.6. The first-order valence-corrected chi connectivity index (χ1v) is 11.1. The number of ketones is 1. The summed E-state index contributed by atoms with van der Waals surface area (Å²) in [5.74, 6) is -0.135. The van der Waals surface area contributed by atoms with Crippen LogP contribution in [0.2, 0.25) is 0 Å². The minimum absolute atomic E-state index is 0.0414. The third-order valence-corrected chi connectivity index (χ3v) is 5.51. The first-order chi connectivity index (χ1) is 15.3. The number of likely N-dealkylation sites (N-methyl/N-ethyl adjacent to an activating group) is 1. The Hall–Kier alpha value is -3.06. The topological polar surface area (TPSA) is 83.2 Å². The van der Waals surface area contributed by atoms with Gasteiger partial charge in [-0.25, -0.2) is 0 Å². The smallest absolute Gasteiger partial charge is 0.290 e. The third-order valence-electron chi connectivity index (χ3n) is 5.51. The van der Waals surface area contributed by atoms with Crippen LogP contribution >= 0.6 is 0 Å². The minimum Gasteiger partial charge on any atom is -0.503 e. The highest BCUT2D eigenvalue weighted by molar-refractivity contribution is 6.15. The maximum Gasteiger partial charge on any atom is 0.290 e. The highest BCUT2D eigenvalue weighted by Crippen LogP contribution is 2.39. The zero-order valence-electron chi connectivity index (χ0n) is 19.3. The molecule has 32 heavy (non-hydrogen) atoms. The van der Waals surface area contributed by atoms with E-state index in [1.165, 1.54) is 4.90 Å². The number of hydrogen-bond acceptors (Lipinski definition) is 6. The predicted molar refractivity (Wildman–Crippen MR) is 122 cm³/mol. The van der Waals surface area contributed by atoms with Crippen LogP contribution in [0, 0.1) is 6.92 Å². The van der Waals surface area contributed by atoms with Crippen molar-refractivity contribution in [3.8, 4) is 5.75 Å². The number of nitrogens with zero attached hydrogens (tertiary/aromatic N) is 2. The number of rotatable bonds is 11. The number of furan rings is 1. The van der Waals surface area contributed by atoms with Crippen molar-refractivity contribution in [3.63, 3.8) is 0 Å². The first-order valence-electron chi connectivity index (χ1n) is 11.1. The van der Waals surface area contributed by atoms with Gasteiger partial charge in [0.1, 0.15) is 11.5 Å². The molecule has 0 radical (unpaired) electrons. The number of ether oxygens (including phenoxy) is 1. The van der Waals surface area contributed by atoms with Crippen molar-refractivity contribution in [1.82, 2.24) is 9.80 Å². The molecular formula is C25H32N2O5.